The molecule has 1 saturated heterocycles. The molecule has 5 heteroatoms. The molecule has 1 heterocycles. The molecule has 0 saturated carbocycles. The number of aromatic carboxylic acids is 1. The van der Waals surface area contributed by atoms with Crippen molar-refractivity contribution in [3.8, 4) is 0 Å². The molecule has 1 aromatic rings. The first-order valence-corrected chi connectivity index (χ1v) is 7.42. The van der Waals surface area contributed by atoms with E-state index in [9.17, 15) is 9.59 Å². The SMILES string of the molecule is CCCN1CCCN(Cc2ccc(C(=O)O)cc2)CC1=O. The normalized spacial score (nSPS) is 16.8. The van der Waals surface area contributed by atoms with Crippen LogP contribution in [0.2, 0.25) is 0 Å². The number of carboxylic acids is 1. The molecule has 0 unspecified atom stereocenters. The zero-order valence-corrected chi connectivity index (χ0v) is 12.4. The Morgan fingerprint density at radius 3 is 2.57 bits per heavy atom. The van der Waals surface area contributed by atoms with E-state index in [0.717, 1.165) is 38.0 Å². The van der Waals surface area contributed by atoms with E-state index in [1.54, 1.807) is 12.1 Å². The summed E-state index contributed by atoms with van der Waals surface area (Å²) in [6.07, 6.45) is 1.97. The average Bonchev–Trinajstić information content (AvgIpc) is 2.62. The Kier molecular flexibility index (Phi) is 5.33. The number of benzene rings is 1. The minimum atomic E-state index is -0.915. The summed E-state index contributed by atoms with van der Waals surface area (Å²) >= 11 is 0. The van der Waals surface area contributed by atoms with Crippen molar-refractivity contribution < 1.29 is 14.7 Å². The Bertz CT molecular complexity index is 499. The Balaban J connectivity index is 1.96. The van der Waals surface area contributed by atoms with Gasteiger partial charge in [0.1, 0.15) is 0 Å². The lowest BCUT2D eigenvalue weighted by atomic mass is 10.1. The molecule has 0 radical (unpaired) electrons. The predicted molar refractivity (Wildman–Crippen MR) is 80.2 cm³/mol. The van der Waals surface area contributed by atoms with E-state index in [2.05, 4.69) is 11.8 Å². The van der Waals surface area contributed by atoms with Gasteiger partial charge in [0.05, 0.1) is 12.1 Å². The molecule has 114 valence electrons. The maximum atomic E-state index is 12.2. The number of hydrogen-bond donors (Lipinski definition) is 1. The molecule has 1 amide bonds. The predicted octanol–water partition coefficient (Wildman–Crippen LogP) is 1.83. The molecule has 5 nitrogen and oxygen atoms in total. The van der Waals surface area contributed by atoms with Crippen molar-refractivity contribution in [1.82, 2.24) is 9.80 Å². The second kappa shape index (κ2) is 7.22. The molecule has 2 rings (SSSR count). The lowest BCUT2D eigenvalue weighted by Crippen LogP contribution is -2.36. The van der Waals surface area contributed by atoms with Crippen molar-refractivity contribution in [2.75, 3.05) is 26.2 Å². The molecule has 0 aliphatic carbocycles. The quantitative estimate of drug-likeness (QED) is 0.898. The summed E-state index contributed by atoms with van der Waals surface area (Å²) in [6, 6.07) is 6.87. The van der Waals surface area contributed by atoms with E-state index in [4.69, 9.17) is 5.11 Å². The standard InChI is InChI=1S/C16H22N2O3/c1-2-8-18-10-3-9-17(12-15(18)19)11-13-4-6-14(7-5-13)16(20)21/h4-7H,2-3,8-12H2,1H3,(H,20,21). The van der Waals surface area contributed by atoms with Gasteiger partial charge in [-0.3, -0.25) is 9.69 Å². The minimum Gasteiger partial charge on any atom is -0.478 e. The number of amides is 1. The molecular weight excluding hydrogens is 268 g/mol. The molecule has 1 aliphatic heterocycles. The van der Waals surface area contributed by atoms with Crippen LogP contribution in [-0.2, 0) is 11.3 Å². The molecule has 1 N–H and O–H groups in total. The van der Waals surface area contributed by atoms with Crippen LogP contribution in [0.4, 0.5) is 0 Å². The number of carboxylic acid groups (broad SMARTS) is 1. The highest BCUT2D eigenvalue weighted by molar-refractivity contribution is 5.87. The van der Waals surface area contributed by atoms with Crippen LogP contribution in [0.15, 0.2) is 24.3 Å². The van der Waals surface area contributed by atoms with Crippen LogP contribution in [0, 0.1) is 0 Å². The van der Waals surface area contributed by atoms with Gasteiger partial charge in [-0.2, -0.15) is 0 Å². The van der Waals surface area contributed by atoms with Gasteiger partial charge in [0.25, 0.3) is 0 Å². The fraction of sp³-hybridized carbons (Fsp3) is 0.500. The van der Waals surface area contributed by atoms with Crippen LogP contribution in [0.1, 0.15) is 35.7 Å². The van der Waals surface area contributed by atoms with Gasteiger partial charge in [-0.1, -0.05) is 19.1 Å². The van der Waals surface area contributed by atoms with E-state index in [1.165, 1.54) is 0 Å². The van der Waals surface area contributed by atoms with Gasteiger partial charge in [0, 0.05) is 26.2 Å². The van der Waals surface area contributed by atoms with E-state index in [-0.39, 0.29) is 5.91 Å². The molecule has 1 fully saturated rings. The van der Waals surface area contributed by atoms with E-state index in [0.29, 0.717) is 18.7 Å². The fourth-order valence-corrected chi connectivity index (χ4v) is 2.63. The molecule has 0 atom stereocenters. The van der Waals surface area contributed by atoms with Gasteiger partial charge in [0.2, 0.25) is 5.91 Å². The van der Waals surface area contributed by atoms with Crippen molar-refractivity contribution in [3.05, 3.63) is 35.4 Å². The number of nitrogens with zero attached hydrogens (tertiary/aromatic N) is 2. The highest BCUT2D eigenvalue weighted by Crippen LogP contribution is 2.11. The Morgan fingerprint density at radius 1 is 1.24 bits per heavy atom. The highest BCUT2D eigenvalue weighted by Gasteiger charge is 2.20. The van der Waals surface area contributed by atoms with Gasteiger partial charge in [-0.05, 0) is 30.5 Å². The summed E-state index contributed by atoms with van der Waals surface area (Å²) in [7, 11) is 0. The zero-order valence-electron chi connectivity index (χ0n) is 12.4. The van der Waals surface area contributed by atoms with Crippen molar-refractivity contribution in [2.24, 2.45) is 0 Å². The van der Waals surface area contributed by atoms with Crippen LogP contribution in [0.25, 0.3) is 0 Å². The molecule has 0 bridgehead atoms. The smallest absolute Gasteiger partial charge is 0.335 e. The van der Waals surface area contributed by atoms with Gasteiger partial charge in [0.15, 0.2) is 0 Å². The summed E-state index contributed by atoms with van der Waals surface area (Å²) in [5.41, 5.74) is 1.33. The number of hydrogen-bond acceptors (Lipinski definition) is 3. The first-order valence-electron chi connectivity index (χ1n) is 7.42. The number of carbonyl (C=O) groups excluding carboxylic acids is 1. The van der Waals surface area contributed by atoms with Crippen LogP contribution >= 0.6 is 0 Å². The molecular formula is C16H22N2O3. The number of carbonyl (C=O) groups is 2. The zero-order chi connectivity index (χ0) is 15.2. The van der Waals surface area contributed by atoms with Crippen LogP contribution < -0.4 is 0 Å². The van der Waals surface area contributed by atoms with Crippen molar-refractivity contribution in [2.45, 2.75) is 26.3 Å². The van der Waals surface area contributed by atoms with Crippen molar-refractivity contribution in [3.63, 3.8) is 0 Å². The summed E-state index contributed by atoms with van der Waals surface area (Å²) in [5, 5.41) is 8.89. The number of rotatable bonds is 5. The minimum absolute atomic E-state index is 0.191. The van der Waals surface area contributed by atoms with Gasteiger partial charge in [-0.15, -0.1) is 0 Å². The Hall–Kier alpha value is -1.88. The third kappa shape index (κ3) is 4.29. The topological polar surface area (TPSA) is 60.9 Å². The largest absolute Gasteiger partial charge is 0.478 e. The van der Waals surface area contributed by atoms with Gasteiger partial charge in [-0.25, -0.2) is 4.79 Å². The maximum absolute atomic E-state index is 12.2. The van der Waals surface area contributed by atoms with Gasteiger partial charge >= 0.3 is 5.97 Å². The monoisotopic (exact) mass is 290 g/mol. The van der Waals surface area contributed by atoms with Crippen LogP contribution in [0.5, 0.6) is 0 Å². The molecule has 0 spiro atoms. The van der Waals surface area contributed by atoms with Gasteiger partial charge < -0.3 is 10.0 Å². The second-order valence-electron chi connectivity index (χ2n) is 5.45. The lowest BCUT2D eigenvalue weighted by Gasteiger charge is -2.21. The fourth-order valence-electron chi connectivity index (χ4n) is 2.63. The average molecular weight is 290 g/mol. The third-order valence-electron chi connectivity index (χ3n) is 3.71. The van der Waals surface area contributed by atoms with E-state index < -0.39 is 5.97 Å². The molecule has 21 heavy (non-hydrogen) atoms. The summed E-state index contributed by atoms with van der Waals surface area (Å²) < 4.78 is 0. The summed E-state index contributed by atoms with van der Waals surface area (Å²) in [4.78, 5) is 27.1. The van der Waals surface area contributed by atoms with E-state index in [1.807, 2.05) is 17.0 Å². The summed E-state index contributed by atoms with van der Waals surface area (Å²) in [6.45, 7) is 5.78. The highest BCUT2D eigenvalue weighted by atomic mass is 16.4. The van der Waals surface area contributed by atoms with E-state index >= 15 is 0 Å². The third-order valence-corrected chi connectivity index (χ3v) is 3.71. The molecule has 1 aliphatic rings. The Morgan fingerprint density at radius 2 is 1.95 bits per heavy atom. The molecule has 1 aromatic carbocycles. The second-order valence-corrected chi connectivity index (χ2v) is 5.45. The summed E-state index contributed by atoms with van der Waals surface area (Å²) in [5.74, 6) is -0.724. The first-order chi connectivity index (χ1) is 10.1. The van der Waals surface area contributed by atoms with Crippen molar-refractivity contribution in [1.29, 1.82) is 0 Å². The van der Waals surface area contributed by atoms with Crippen molar-refractivity contribution >= 4 is 11.9 Å². The Labute approximate surface area is 125 Å². The van der Waals surface area contributed by atoms with Crippen LogP contribution in [0.3, 0.4) is 0 Å². The van der Waals surface area contributed by atoms with Crippen LogP contribution in [-0.4, -0.2) is 53.0 Å². The maximum Gasteiger partial charge on any atom is 0.335 e. The first kappa shape index (κ1) is 15.5. The molecule has 0 aromatic heterocycles. The lowest BCUT2D eigenvalue weighted by molar-refractivity contribution is -0.131.